The molecule has 120 valence electrons. The number of hydrogen-bond acceptors (Lipinski definition) is 3. The summed E-state index contributed by atoms with van der Waals surface area (Å²) in [6, 6.07) is 15.1. The Morgan fingerprint density at radius 1 is 1.26 bits per heavy atom. The first-order chi connectivity index (χ1) is 11.1. The van der Waals surface area contributed by atoms with Crippen molar-refractivity contribution in [1.29, 1.82) is 0 Å². The number of hydrogen-bond donors (Lipinski definition) is 1. The van der Waals surface area contributed by atoms with Crippen molar-refractivity contribution < 1.29 is 14.6 Å². The third kappa shape index (κ3) is 3.65. The van der Waals surface area contributed by atoms with Crippen LogP contribution in [0.15, 0.2) is 48.5 Å². The summed E-state index contributed by atoms with van der Waals surface area (Å²) in [6.07, 6.45) is 0.498. The normalized spacial score (nSPS) is 17.3. The van der Waals surface area contributed by atoms with Crippen LogP contribution in [-0.4, -0.2) is 29.2 Å². The van der Waals surface area contributed by atoms with E-state index in [1.54, 1.807) is 17.0 Å². The molecule has 0 fully saturated rings. The summed E-state index contributed by atoms with van der Waals surface area (Å²) in [6.45, 7) is 3.60. The third-order valence-electron chi connectivity index (χ3n) is 4.27. The highest BCUT2D eigenvalue weighted by molar-refractivity contribution is 5.68. The number of carbonyl (C=O) groups excluding carboxylic acids is 1. The van der Waals surface area contributed by atoms with E-state index in [0.29, 0.717) is 13.1 Å². The SMILES string of the molecule is CC1CN(C(=O)OCc2ccccc2)CCc2ccc(O)cc21. The van der Waals surface area contributed by atoms with Gasteiger partial charge in [-0.05, 0) is 41.2 Å². The molecule has 1 atom stereocenters. The van der Waals surface area contributed by atoms with Crippen molar-refractivity contribution in [3.05, 3.63) is 65.2 Å². The van der Waals surface area contributed by atoms with Crippen molar-refractivity contribution in [2.45, 2.75) is 25.9 Å². The van der Waals surface area contributed by atoms with Crippen LogP contribution in [0.3, 0.4) is 0 Å². The quantitative estimate of drug-likeness (QED) is 0.920. The predicted molar refractivity (Wildman–Crippen MR) is 88.4 cm³/mol. The van der Waals surface area contributed by atoms with Crippen molar-refractivity contribution >= 4 is 6.09 Å². The molecule has 0 radical (unpaired) electrons. The molecule has 23 heavy (non-hydrogen) atoms. The number of rotatable bonds is 2. The average molecular weight is 311 g/mol. The summed E-state index contributed by atoms with van der Waals surface area (Å²) in [5.41, 5.74) is 3.29. The lowest BCUT2D eigenvalue weighted by Crippen LogP contribution is -2.34. The smallest absolute Gasteiger partial charge is 0.410 e. The van der Waals surface area contributed by atoms with Crippen LogP contribution < -0.4 is 0 Å². The molecule has 3 rings (SSSR count). The van der Waals surface area contributed by atoms with Crippen LogP contribution in [0.4, 0.5) is 4.79 Å². The summed E-state index contributed by atoms with van der Waals surface area (Å²) in [5.74, 6) is 0.444. The van der Waals surface area contributed by atoms with Gasteiger partial charge in [0, 0.05) is 13.1 Å². The maximum absolute atomic E-state index is 12.3. The first-order valence-corrected chi connectivity index (χ1v) is 7.91. The van der Waals surface area contributed by atoms with Gasteiger partial charge in [0.15, 0.2) is 0 Å². The fourth-order valence-corrected chi connectivity index (χ4v) is 3.02. The van der Waals surface area contributed by atoms with E-state index in [9.17, 15) is 9.90 Å². The van der Waals surface area contributed by atoms with Crippen LogP contribution in [0.25, 0.3) is 0 Å². The lowest BCUT2D eigenvalue weighted by molar-refractivity contribution is 0.0958. The molecular weight excluding hydrogens is 290 g/mol. The highest BCUT2D eigenvalue weighted by Gasteiger charge is 2.24. The first kappa shape index (κ1) is 15.4. The third-order valence-corrected chi connectivity index (χ3v) is 4.27. The van der Waals surface area contributed by atoms with Gasteiger partial charge in [-0.15, -0.1) is 0 Å². The minimum atomic E-state index is -0.280. The number of carbonyl (C=O) groups is 1. The van der Waals surface area contributed by atoms with Crippen LogP contribution in [0.2, 0.25) is 0 Å². The fourth-order valence-electron chi connectivity index (χ4n) is 3.02. The summed E-state index contributed by atoms with van der Waals surface area (Å²) >= 11 is 0. The van der Waals surface area contributed by atoms with Crippen LogP contribution in [0, 0.1) is 0 Å². The van der Waals surface area contributed by atoms with Gasteiger partial charge in [0.25, 0.3) is 0 Å². The van der Waals surface area contributed by atoms with E-state index in [1.807, 2.05) is 36.4 Å². The Balaban J connectivity index is 1.65. The fraction of sp³-hybridized carbons (Fsp3) is 0.316. The number of aromatic hydroxyl groups is 1. The number of nitrogens with zero attached hydrogens (tertiary/aromatic N) is 1. The van der Waals surface area contributed by atoms with Crippen molar-refractivity contribution in [2.24, 2.45) is 0 Å². The van der Waals surface area contributed by atoms with E-state index in [1.165, 1.54) is 5.56 Å². The minimum Gasteiger partial charge on any atom is -0.508 e. The number of amides is 1. The lowest BCUT2D eigenvalue weighted by Gasteiger charge is -2.22. The molecule has 0 bridgehead atoms. The van der Waals surface area contributed by atoms with Gasteiger partial charge in [-0.2, -0.15) is 0 Å². The molecule has 0 saturated heterocycles. The Morgan fingerprint density at radius 3 is 2.83 bits per heavy atom. The minimum absolute atomic E-state index is 0.170. The summed E-state index contributed by atoms with van der Waals surface area (Å²) < 4.78 is 5.43. The number of benzene rings is 2. The zero-order valence-electron chi connectivity index (χ0n) is 13.2. The van der Waals surface area contributed by atoms with E-state index < -0.39 is 0 Å². The van der Waals surface area contributed by atoms with Crippen molar-refractivity contribution in [2.75, 3.05) is 13.1 Å². The largest absolute Gasteiger partial charge is 0.508 e. The van der Waals surface area contributed by atoms with E-state index in [2.05, 4.69) is 6.92 Å². The molecule has 0 spiro atoms. The Kier molecular flexibility index (Phi) is 4.51. The molecule has 1 aliphatic rings. The van der Waals surface area contributed by atoms with E-state index in [4.69, 9.17) is 4.74 Å². The summed E-state index contributed by atoms with van der Waals surface area (Å²) in [5, 5.41) is 9.68. The molecule has 0 aliphatic carbocycles. The van der Waals surface area contributed by atoms with Gasteiger partial charge in [-0.25, -0.2) is 4.79 Å². The van der Waals surface area contributed by atoms with E-state index in [0.717, 1.165) is 17.5 Å². The Morgan fingerprint density at radius 2 is 2.04 bits per heavy atom. The standard InChI is InChI=1S/C19H21NO3/c1-14-12-20(10-9-16-7-8-17(21)11-18(14)16)19(22)23-13-15-5-3-2-4-6-15/h2-8,11,14,21H,9-10,12-13H2,1H3. The van der Waals surface area contributed by atoms with Gasteiger partial charge in [0.1, 0.15) is 12.4 Å². The highest BCUT2D eigenvalue weighted by Crippen LogP contribution is 2.28. The van der Waals surface area contributed by atoms with Crippen LogP contribution in [-0.2, 0) is 17.8 Å². The molecule has 1 aliphatic heterocycles. The molecular formula is C19H21NO3. The van der Waals surface area contributed by atoms with E-state index in [-0.39, 0.29) is 24.4 Å². The molecule has 0 saturated carbocycles. The van der Waals surface area contributed by atoms with Gasteiger partial charge < -0.3 is 14.7 Å². The second-order valence-electron chi connectivity index (χ2n) is 6.02. The monoisotopic (exact) mass is 311 g/mol. The van der Waals surface area contributed by atoms with Gasteiger partial charge in [-0.3, -0.25) is 0 Å². The number of phenols is 1. The van der Waals surface area contributed by atoms with Crippen molar-refractivity contribution in [3.63, 3.8) is 0 Å². The van der Waals surface area contributed by atoms with Crippen LogP contribution in [0.5, 0.6) is 5.75 Å². The zero-order chi connectivity index (χ0) is 16.2. The second kappa shape index (κ2) is 6.73. The van der Waals surface area contributed by atoms with Gasteiger partial charge >= 0.3 is 6.09 Å². The second-order valence-corrected chi connectivity index (χ2v) is 6.02. The summed E-state index contributed by atoms with van der Waals surface area (Å²) in [7, 11) is 0. The highest BCUT2D eigenvalue weighted by atomic mass is 16.6. The molecule has 0 aromatic heterocycles. The zero-order valence-corrected chi connectivity index (χ0v) is 13.2. The Labute approximate surface area is 136 Å². The maximum atomic E-state index is 12.3. The lowest BCUT2D eigenvalue weighted by atomic mass is 9.95. The molecule has 1 unspecified atom stereocenters. The molecule has 1 N–H and O–H groups in total. The number of phenolic OH excluding ortho intramolecular Hbond substituents is 1. The topological polar surface area (TPSA) is 49.8 Å². The molecule has 1 heterocycles. The van der Waals surface area contributed by atoms with Gasteiger partial charge in [0.05, 0.1) is 0 Å². The summed E-state index contributed by atoms with van der Waals surface area (Å²) in [4.78, 5) is 14.1. The molecule has 2 aromatic carbocycles. The number of ether oxygens (including phenoxy) is 1. The van der Waals surface area contributed by atoms with Crippen molar-refractivity contribution in [1.82, 2.24) is 4.90 Å². The van der Waals surface area contributed by atoms with Gasteiger partial charge in [0.2, 0.25) is 0 Å². The van der Waals surface area contributed by atoms with Crippen LogP contribution >= 0.6 is 0 Å². The van der Waals surface area contributed by atoms with Crippen molar-refractivity contribution in [3.8, 4) is 5.75 Å². The Bertz CT molecular complexity index is 684. The van der Waals surface area contributed by atoms with E-state index >= 15 is 0 Å². The van der Waals surface area contributed by atoms with Gasteiger partial charge in [-0.1, -0.05) is 43.3 Å². The predicted octanol–water partition coefficient (Wildman–Crippen LogP) is 3.69. The Hall–Kier alpha value is -2.49. The first-order valence-electron chi connectivity index (χ1n) is 7.91. The van der Waals surface area contributed by atoms with Crippen LogP contribution in [0.1, 0.15) is 29.5 Å². The average Bonchev–Trinajstić information content (AvgIpc) is 2.73. The maximum Gasteiger partial charge on any atom is 0.410 e. The molecule has 1 amide bonds. The molecule has 4 heteroatoms. The molecule has 4 nitrogen and oxygen atoms in total. The number of fused-ring (bicyclic) bond motifs is 1. The molecule has 2 aromatic rings.